The van der Waals surface area contributed by atoms with Crippen molar-refractivity contribution in [3.8, 4) is 0 Å². The van der Waals surface area contributed by atoms with Gasteiger partial charge in [0.05, 0.1) is 17.0 Å². The second-order valence-corrected chi connectivity index (χ2v) is 8.34. The summed E-state index contributed by atoms with van der Waals surface area (Å²) in [5.74, 6) is 2.17. The predicted octanol–water partition coefficient (Wildman–Crippen LogP) is 6.10. The number of halogens is 3. The van der Waals surface area contributed by atoms with Crippen LogP contribution in [0.4, 0.5) is 19.0 Å². The van der Waals surface area contributed by atoms with Gasteiger partial charge in [-0.25, -0.2) is 28.1 Å². The Hall–Kier alpha value is -2.61. The van der Waals surface area contributed by atoms with Gasteiger partial charge >= 0.3 is 0 Å². The van der Waals surface area contributed by atoms with Crippen LogP contribution in [0.5, 0.6) is 0 Å². The number of nitrogens with one attached hydrogen (secondary N) is 1. The second-order valence-electron chi connectivity index (χ2n) is 7.19. The number of rotatable bonds is 5. The Morgan fingerprint density at radius 1 is 1.17 bits per heavy atom. The molecule has 2 aromatic heterocycles. The lowest BCUT2D eigenvalue weighted by atomic mass is 10.0. The van der Waals surface area contributed by atoms with Crippen molar-refractivity contribution in [1.29, 1.82) is 0 Å². The fourth-order valence-corrected chi connectivity index (χ4v) is 4.40. The van der Waals surface area contributed by atoms with Crippen LogP contribution in [0, 0.1) is 12.7 Å². The van der Waals surface area contributed by atoms with E-state index in [0.717, 1.165) is 34.9 Å². The molecule has 0 bridgehead atoms. The summed E-state index contributed by atoms with van der Waals surface area (Å²) in [6, 6.07) is 5.46. The first-order chi connectivity index (χ1) is 14.4. The first kappa shape index (κ1) is 20.7. The van der Waals surface area contributed by atoms with Crippen LogP contribution in [0.25, 0.3) is 16.6 Å². The van der Waals surface area contributed by atoms with E-state index in [2.05, 4.69) is 26.3 Å². The quantitative estimate of drug-likeness (QED) is 0.530. The summed E-state index contributed by atoms with van der Waals surface area (Å²) in [5, 5.41) is 3.90. The number of benzene rings is 1. The highest BCUT2D eigenvalue weighted by Gasteiger charge is 2.20. The largest absolute Gasteiger partial charge is 0.363 e. The van der Waals surface area contributed by atoms with E-state index in [9.17, 15) is 13.2 Å². The maximum Gasteiger partial charge on any atom is 0.266 e. The molecule has 4 nitrogen and oxygen atoms in total. The Morgan fingerprint density at radius 3 is 2.70 bits per heavy atom. The van der Waals surface area contributed by atoms with E-state index >= 15 is 0 Å². The fraction of sp³-hybridized carbons (Fsp3) is 0.318. The number of aryl methyl sites for hydroxylation is 1. The maximum absolute atomic E-state index is 14.6. The van der Waals surface area contributed by atoms with E-state index < -0.39 is 23.8 Å². The monoisotopic (exact) mass is 430 g/mol. The molecule has 156 valence electrons. The normalized spacial score (nSPS) is 15.3. The van der Waals surface area contributed by atoms with E-state index in [1.807, 2.05) is 24.0 Å². The number of anilines is 1. The molecule has 0 aliphatic carbocycles. The van der Waals surface area contributed by atoms with Crippen molar-refractivity contribution >= 4 is 34.2 Å². The number of pyridine rings is 1. The fourth-order valence-electron chi connectivity index (χ4n) is 3.55. The average Bonchev–Trinajstić information content (AvgIpc) is 2.74. The average molecular weight is 430 g/mol. The number of alkyl halides is 2. The Labute approximate surface area is 177 Å². The van der Waals surface area contributed by atoms with Gasteiger partial charge in [-0.3, -0.25) is 0 Å². The zero-order chi connectivity index (χ0) is 21.3. The van der Waals surface area contributed by atoms with Crippen LogP contribution in [0.3, 0.4) is 0 Å². The summed E-state index contributed by atoms with van der Waals surface area (Å²) in [6.45, 7) is 3.47. The molecule has 30 heavy (non-hydrogen) atoms. The number of fused-ring (bicyclic) bond motifs is 1. The third kappa shape index (κ3) is 4.14. The summed E-state index contributed by atoms with van der Waals surface area (Å²) < 4.78 is 40.8. The molecular weight excluding hydrogens is 409 g/mol. The molecule has 0 radical (unpaired) electrons. The summed E-state index contributed by atoms with van der Waals surface area (Å²) in [7, 11) is 0. The van der Waals surface area contributed by atoms with Crippen LogP contribution < -0.4 is 5.32 Å². The summed E-state index contributed by atoms with van der Waals surface area (Å²) in [6.07, 6.45) is 2.12. The minimum Gasteiger partial charge on any atom is -0.363 e. The number of hydrogen-bond acceptors (Lipinski definition) is 5. The van der Waals surface area contributed by atoms with Gasteiger partial charge in [-0.1, -0.05) is 24.3 Å². The van der Waals surface area contributed by atoms with Gasteiger partial charge in [-0.05, 0) is 43.2 Å². The Balaban J connectivity index is 1.73. The lowest BCUT2D eigenvalue weighted by molar-refractivity contribution is 0.146. The summed E-state index contributed by atoms with van der Waals surface area (Å²) >= 11 is 1.89. The molecule has 0 amide bonds. The third-order valence-corrected chi connectivity index (χ3v) is 6.01. The molecule has 4 rings (SSSR count). The standard InChI is InChI=1S/C22H21F3N4S/c1-12(16-4-3-5-17(19(16)23)20(24)25)27-22-18-10-15(14-6-8-30-9-7-14)11-26-21(18)28-13(2)29-22/h3-6,10-12,20H,7-9H2,1-2H3,(H,26,27,28,29)/t12-/m1/s1. The smallest absolute Gasteiger partial charge is 0.266 e. The highest BCUT2D eigenvalue weighted by Crippen LogP contribution is 2.32. The highest BCUT2D eigenvalue weighted by atomic mass is 32.2. The van der Waals surface area contributed by atoms with Gasteiger partial charge in [0.1, 0.15) is 17.5 Å². The zero-order valence-corrected chi connectivity index (χ0v) is 17.4. The van der Waals surface area contributed by atoms with Crippen LogP contribution >= 0.6 is 11.8 Å². The number of aromatic nitrogens is 3. The van der Waals surface area contributed by atoms with Crippen molar-refractivity contribution in [2.75, 3.05) is 16.8 Å². The van der Waals surface area contributed by atoms with Crippen LogP contribution in [0.15, 0.2) is 36.5 Å². The molecule has 3 aromatic rings. The number of nitrogens with zero attached hydrogens (tertiary/aromatic N) is 3. The van der Waals surface area contributed by atoms with Gasteiger partial charge in [0, 0.05) is 17.5 Å². The van der Waals surface area contributed by atoms with Gasteiger partial charge in [0.15, 0.2) is 5.65 Å². The first-order valence-corrected chi connectivity index (χ1v) is 10.8. The summed E-state index contributed by atoms with van der Waals surface area (Å²) in [5.41, 5.74) is 2.34. The Morgan fingerprint density at radius 2 is 1.97 bits per heavy atom. The molecule has 1 aliphatic heterocycles. The first-order valence-electron chi connectivity index (χ1n) is 9.68. The van der Waals surface area contributed by atoms with E-state index in [0.29, 0.717) is 17.3 Å². The molecule has 3 heterocycles. The van der Waals surface area contributed by atoms with E-state index in [-0.39, 0.29) is 5.56 Å². The number of allylic oxidation sites excluding steroid dienone is 1. The molecule has 1 N–H and O–H groups in total. The van der Waals surface area contributed by atoms with Crippen molar-refractivity contribution in [2.45, 2.75) is 32.7 Å². The topological polar surface area (TPSA) is 50.7 Å². The van der Waals surface area contributed by atoms with Crippen LogP contribution in [0.1, 0.15) is 48.3 Å². The van der Waals surface area contributed by atoms with E-state index in [1.54, 1.807) is 13.8 Å². The van der Waals surface area contributed by atoms with Gasteiger partial charge in [0.25, 0.3) is 6.43 Å². The SMILES string of the molecule is Cc1nc(N[C@H](C)c2cccc(C(F)F)c2F)c2cc(C3=CCSCC3)cnc2n1. The van der Waals surface area contributed by atoms with Crippen molar-refractivity contribution in [2.24, 2.45) is 0 Å². The van der Waals surface area contributed by atoms with Crippen molar-refractivity contribution in [3.05, 3.63) is 64.9 Å². The molecule has 0 fully saturated rings. The van der Waals surface area contributed by atoms with Crippen LogP contribution in [0.2, 0.25) is 0 Å². The lowest BCUT2D eigenvalue weighted by Crippen LogP contribution is -2.12. The minimum absolute atomic E-state index is 0.161. The van der Waals surface area contributed by atoms with Gasteiger partial charge < -0.3 is 5.32 Å². The Kier molecular flexibility index (Phi) is 5.94. The van der Waals surface area contributed by atoms with Gasteiger partial charge in [-0.2, -0.15) is 11.8 Å². The maximum atomic E-state index is 14.6. The van der Waals surface area contributed by atoms with Crippen molar-refractivity contribution < 1.29 is 13.2 Å². The van der Waals surface area contributed by atoms with Gasteiger partial charge in [-0.15, -0.1) is 0 Å². The lowest BCUT2D eigenvalue weighted by Gasteiger charge is -2.19. The molecule has 1 aliphatic rings. The predicted molar refractivity (Wildman–Crippen MR) is 115 cm³/mol. The van der Waals surface area contributed by atoms with E-state index in [4.69, 9.17) is 0 Å². The minimum atomic E-state index is -2.87. The van der Waals surface area contributed by atoms with Crippen LogP contribution in [-0.2, 0) is 0 Å². The molecule has 1 aromatic carbocycles. The van der Waals surface area contributed by atoms with E-state index in [1.165, 1.54) is 17.7 Å². The van der Waals surface area contributed by atoms with Crippen LogP contribution in [-0.4, -0.2) is 26.5 Å². The number of hydrogen-bond donors (Lipinski definition) is 1. The van der Waals surface area contributed by atoms with Gasteiger partial charge in [0.2, 0.25) is 0 Å². The second kappa shape index (κ2) is 8.63. The van der Waals surface area contributed by atoms with Crippen molar-refractivity contribution in [1.82, 2.24) is 15.0 Å². The molecule has 0 saturated carbocycles. The highest BCUT2D eigenvalue weighted by molar-refractivity contribution is 7.99. The number of thioether (sulfide) groups is 1. The third-order valence-electron chi connectivity index (χ3n) is 5.11. The Bertz CT molecular complexity index is 1120. The molecule has 8 heteroatoms. The molecule has 1 atom stereocenters. The molecule has 0 unspecified atom stereocenters. The molecule has 0 spiro atoms. The summed E-state index contributed by atoms with van der Waals surface area (Å²) in [4.78, 5) is 13.4. The zero-order valence-electron chi connectivity index (χ0n) is 16.6. The molecular formula is C22H21F3N4S. The molecule has 0 saturated heterocycles. The van der Waals surface area contributed by atoms with Crippen molar-refractivity contribution in [3.63, 3.8) is 0 Å².